The average Bonchev–Trinajstić information content (AvgIpc) is 3.19. The topological polar surface area (TPSA) is 77.5 Å². The first-order chi connectivity index (χ1) is 9.93. The van der Waals surface area contributed by atoms with E-state index in [0.717, 1.165) is 11.3 Å². The molecule has 0 unspecified atom stereocenters. The molecule has 0 aromatic rings. The third kappa shape index (κ3) is 1.49. The van der Waals surface area contributed by atoms with E-state index in [-0.39, 0.29) is 41.4 Å². The SMILES string of the molecule is CC(C)[C@H](C(=O)[O-])N1C(=O)[C@@H]2[C@@H]3C=C[C@@H]([C@@H]4C[C@H]34)[C@@H]2C1=O. The van der Waals surface area contributed by atoms with Gasteiger partial charge in [-0.05, 0) is 36.0 Å². The van der Waals surface area contributed by atoms with E-state index in [1.165, 1.54) is 0 Å². The minimum Gasteiger partial charge on any atom is -0.548 e. The van der Waals surface area contributed by atoms with E-state index in [1.54, 1.807) is 13.8 Å². The summed E-state index contributed by atoms with van der Waals surface area (Å²) in [6.07, 6.45) is 5.26. The third-order valence-electron chi connectivity index (χ3n) is 5.85. The molecule has 5 aliphatic rings. The van der Waals surface area contributed by atoms with Gasteiger partial charge in [-0.3, -0.25) is 14.5 Å². The Kier molecular flexibility index (Phi) is 2.46. The fourth-order valence-corrected chi connectivity index (χ4v) is 4.93. The summed E-state index contributed by atoms with van der Waals surface area (Å²) in [4.78, 5) is 37.9. The first-order valence-corrected chi connectivity index (χ1v) is 7.69. The molecule has 1 saturated heterocycles. The zero-order valence-corrected chi connectivity index (χ0v) is 12.1. The number of hydrogen-bond donors (Lipinski definition) is 0. The molecule has 2 saturated carbocycles. The van der Waals surface area contributed by atoms with Gasteiger partial charge in [-0.25, -0.2) is 0 Å². The van der Waals surface area contributed by atoms with E-state index in [1.807, 2.05) is 0 Å². The Morgan fingerprint density at radius 3 is 2.00 bits per heavy atom. The number of nitrogens with zero attached hydrogens (tertiary/aromatic N) is 1. The fourth-order valence-electron chi connectivity index (χ4n) is 4.93. The van der Waals surface area contributed by atoms with Crippen molar-refractivity contribution in [2.45, 2.75) is 26.3 Å². The van der Waals surface area contributed by atoms with Gasteiger partial charge in [0.15, 0.2) is 0 Å². The zero-order chi connectivity index (χ0) is 15.0. The van der Waals surface area contributed by atoms with Crippen molar-refractivity contribution in [3.8, 4) is 0 Å². The monoisotopic (exact) mass is 288 g/mol. The molecular weight excluding hydrogens is 270 g/mol. The summed E-state index contributed by atoms with van der Waals surface area (Å²) in [5, 5.41) is 11.4. The van der Waals surface area contributed by atoms with Crippen LogP contribution in [0, 0.1) is 41.4 Å². The first-order valence-electron chi connectivity index (χ1n) is 7.69. The molecule has 1 heterocycles. The van der Waals surface area contributed by atoms with E-state index in [4.69, 9.17) is 0 Å². The van der Waals surface area contributed by atoms with Gasteiger partial charge < -0.3 is 9.90 Å². The van der Waals surface area contributed by atoms with Crippen molar-refractivity contribution in [3.63, 3.8) is 0 Å². The molecule has 0 aromatic heterocycles. The molecule has 4 aliphatic carbocycles. The lowest BCUT2D eigenvalue weighted by atomic mass is 9.63. The Hall–Kier alpha value is -1.65. The number of carbonyl (C=O) groups excluding carboxylic acids is 3. The van der Waals surface area contributed by atoms with Crippen LogP contribution in [0.1, 0.15) is 20.3 Å². The number of imide groups is 1. The van der Waals surface area contributed by atoms with Crippen LogP contribution in [0.15, 0.2) is 12.2 Å². The predicted octanol–water partition coefficient (Wildman–Crippen LogP) is -0.186. The lowest BCUT2D eigenvalue weighted by Gasteiger charge is -2.37. The standard InChI is InChI=1S/C16H19NO4/c1-6(2)13(16(20)21)17-14(18)11-7-3-4-8(10-5-9(7)10)12(11)15(17)19/h3-4,6-13H,5H2,1-2H3,(H,20,21)/p-1/t7-,8+,9-,10+,11-,12+,13-/m1/s1. The molecule has 0 spiro atoms. The second-order valence-electron chi connectivity index (χ2n) is 7.21. The molecule has 2 amide bonds. The summed E-state index contributed by atoms with van der Waals surface area (Å²) in [5.41, 5.74) is 0. The second-order valence-corrected chi connectivity index (χ2v) is 7.21. The van der Waals surface area contributed by atoms with Crippen molar-refractivity contribution in [1.82, 2.24) is 4.90 Å². The molecule has 5 rings (SSSR count). The van der Waals surface area contributed by atoms with Crippen LogP contribution >= 0.6 is 0 Å². The average molecular weight is 288 g/mol. The zero-order valence-electron chi connectivity index (χ0n) is 12.1. The van der Waals surface area contributed by atoms with E-state index < -0.39 is 12.0 Å². The van der Waals surface area contributed by atoms with Crippen molar-refractivity contribution < 1.29 is 19.5 Å². The summed E-state index contributed by atoms with van der Waals surface area (Å²) in [6, 6.07) is -1.15. The van der Waals surface area contributed by atoms with Crippen LogP contribution in [-0.2, 0) is 14.4 Å². The van der Waals surface area contributed by atoms with E-state index in [9.17, 15) is 19.5 Å². The van der Waals surface area contributed by atoms with Gasteiger partial charge in [-0.1, -0.05) is 26.0 Å². The molecule has 5 heteroatoms. The van der Waals surface area contributed by atoms with Crippen LogP contribution in [0.3, 0.4) is 0 Å². The van der Waals surface area contributed by atoms with E-state index in [2.05, 4.69) is 12.2 Å². The quantitative estimate of drug-likeness (QED) is 0.533. The molecule has 5 nitrogen and oxygen atoms in total. The number of hydrogen-bond acceptors (Lipinski definition) is 4. The van der Waals surface area contributed by atoms with Crippen LogP contribution in [-0.4, -0.2) is 28.7 Å². The highest BCUT2D eigenvalue weighted by molar-refractivity contribution is 6.08. The highest BCUT2D eigenvalue weighted by atomic mass is 16.4. The maximum absolute atomic E-state index is 12.7. The van der Waals surface area contributed by atoms with Crippen molar-refractivity contribution in [2.24, 2.45) is 41.4 Å². The Morgan fingerprint density at radius 1 is 1.14 bits per heavy atom. The van der Waals surface area contributed by atoms with Gasteiger partial charge in [0.2, 0.25) is 11.8 Å². The smallest absolute Gasteiger partial charge is 0.234 e. The van der Waals surface area contributed by atoms with Crippen molar-refractivity contribution in [2.75, 3.05) is 0 Å². The lowest BCUT2D eigenvalue weighted by molar-refractivity contribution is -0.312. The van der Waals surface area contributed by atoms with Gasteiger partial charge in [0.25, 0.3) is 0 Å². The number of carbonyl (C=O) groups is 3. The Bertz CT molecular complexity index is 545. The van der Waals surface area contributed by atoms with Crippen LogP contribution in [0.4, 0.5) is 0 Å². The van der Waals surface area contributed by atoms with Gasteiger partial charge in [0, 0.05) is 0 Å². The maximum Gasteiger partial charge on any atom is 0.234 e. The number of rotatable bonds is 3. The summed E-state index contributed by atoms with van der Waals surface area (Å²) < 4.78 is 0. The van der Waals surface area contributed by atoms with Crippen LogP contribution < -0.4 is 5.11 Å². The molecule has 1 aliphatic heterocycles. The molecule has 0 N–H and O–H groups in total. The van der Waals surface area contributed by atoms with Gasteiger partial charge in [-0.2, -0.15) is 0 Å². The predicted molar refractivity (Wildman–Crippen MR) is 70.2 cm³/mol. The van der Waals surface area contributed by atoms with Crippen molar-refractivity contribution >= 4 is 17.8 Å². The van der Waals surface area contributed by atoms with Crippen LogP contribution in [0.5, 0.6) is 0 Å². The molecule has 0 aromatic carbocycles. The first kappa shape index (κ1) is 13.0. The molecule has 21 heavy (non-hydrogen) atoms. The van der Waals surface area contributed by atoms with Crippen LogP contribution in [0.25, 0.3) is 0 Å². The third-order valence-corrected chi connectivity index (χ3v) is 5.85. The highest BCUT2D eigenvalue weighted by Gasteiger charge is 2.67. The summed E-state index contributed by atoms with van der Waals surface area (Å²) in [5.74, 6) is -1.64. The number of likely N-dealkylation sites (tertiary alicyclic amines) is 1. The number of carboxylic acid groups (broad SMARTS) is 1. The molecule has 112 valence electrons. The van der Waals surface area contributed by atoms with E-state index in [0.29, 0.717) is 11.8 Å². The fraction of sp³-hybridized carbons (Fsp3) is 0.688. The molecule has 2 bridgehead atoms. The summed E-state index contributed by atoms with van der Waals surface area (Å²) in [6.45, 7) is 3.40. The van der Waals surface area contributed by atoms with Gasteiger partial charge >= 0.3 is 0 Å². The molecule has 0 radical (unpaired) electrons. The molecule has 7 atom stereocenters. The van der Waals surface area contributed by atoms with Gasteiger partial charge in [0.1, 0.15) is 0 Å². The maximum atomic E-state index is 12.7. The Morgan fingerprint density at radius 2 is 1.62 bits per heavy atom. The lowest BCUT2D eigenvalue weighted by Crippen LogP contribution is -2.53. The number of aliphatic carboxylic acids is 1. The molecule has 3 fully saturated rings. The number of allylic oxidation sites excluding steroid dienone is 2. The normalized spacial score (nSPS) is 44.0. The van der Waals surface area contributed by atoms with Gasteiger partial charge in [0.05, 0.1) is 23.8 Å². The molecular formula is C16H18NO4-. The largest absolute Gasteiger partial charge is 0.548 e. The summed E-state index contributed by atoms with van der Waals surface area (Å²) >= 11 is 0. The highest BCUT2D eigenvalue weighted by Crippen LogP contribution is 2.65. The minimum absolute atomic E-state index is 0.126. The number of carboxylic acids is 1. The Balaban J connectivity index is 1.73. The Labute approximate surface area is 123 Å². The minimum atomic E-state index is -1.34. The van der Waals surface area contributed by atoms with Crippen LogP contribution in [0.2, 0.25) is 0 Å². The second kappa shape index (κ2) is 3.96. The van der Waals surface area contributed by atoms with Crippen molar-refractivity contribution in [3.05, 3.63) is 12.2 Å². The summed E-state index contributed by atoms with van der Waals surface area (Å²) in [7, 11) is 0. The van der Waals surface area contributed by atoms with Gasteiger partial charge in [-0.15, -0.1) is 0 Å². The van der Waals surface area contributed by atoms with E-state index >= 15 is 0 Å². The number of amides is 2. The van der Waals surface area contributed by atoms with Crippen molar-refractivity contribution in [1.29, 1.82) is 0 Å².